The number of sulfone groups is 1. The molecule has 0 saturated heterocycles. The molecule has 0 bridgehead atoms. The number of benzene rings is 1. The van der Waals surface area contributed by atoms with E-state index in [1.54, 1.807) is 30.5 Å². The second-order valence-electron chi connectivity index (χ2n) is 4.53. The van der Waals surface area contributed by atoms with Crippen molar-refractivity contribution in [1.82, 2.24) is 0 Å². The molecule has 2 atom stereocenters. The van der Waals surface area contributed by atoms with Crippen molar-refractivity contribution in [2.45, 2.75) is 30.4 Å². The molecule has 0 aromatic heterocycles. The molecular weight excluding hydrogens is 282 g/mol. The lowest BCUT2D eigenvalue weighted by Gasteiger charge is -2.11. The summed E-state index contributed by atoms with van der Waals surface area (Å²) < 4.78 is 34.9. The van der Waals surface area contributed by atoms with Gasteiger partial charge < -0.3 is 5.32 Å². The van der Waals surface area contributed by atoms with Gasteiger partial charge in [0.1, 0.15) is 0 Å². The molecule has 0 saturated carbocycles. The molecular formula is C13H21NO3S2. The van der Waals surface area contributed by atoms with Crippen LogP contribution < -0.4 is 5.32 Å². The summed E-state index contributed by atoms with van der Waals surface area (Å²) in [4.78, 5) is 0.354. The molecule has 1 aromatic rings. The van der Waals surface area contributed by atoms with Crippen LogP contribution in [0.4, 0.5) is 5.69 Å². The molecule has 1 N–H and O–H groups in total. The average molecular weight is 303 g/mol. The van der Waals surface area contributed by atoms with Gasteiger partial charge in [0, 0.05) is 34.5 Å². The van der Waals surface area contributed by atoms with Gasteiger partial charge in [-0.25, -0.2) is 8.42 Å². The molecule has 1 rings (SSSR count). The van der Waals surface area contributed by atoms with Crippen LogP contribution in [0.3, 0.4) is 0 Å². The van der Waals surface area contributed by atoms with Crippen molar-refractivity contribution in [3.8, 4) is 0 Å². The van der Waals surface area contributed by atoms with Gasteiger partial charge in [0.15, 0.2) is 9.84 Å². The highest BCUT2D eigenvalue weighted by molar-refractivity contribution is 7.91. The van der Waals surface area contributed by atoms with Crippen LogP contribution in [-0.4, -0.2) is 36.4 Å². The summed E-state index contributed by atoms with van der Waals surface area (Å²) in [5.74, 6) is 0.172. The summed E-state index contributed by atoms with van der Waals surface area (Å²) in [7, 11) is -4.01. The molecule has 1 aromatic carbocycles. The molecule has 108 valence electrons. The van der Waals surface area contributed by atoms with Gasteiger partial charge in [-0.15, -0.1) is 0 Å². The molecule has 0 amide bonds. The van der Waals surface area contributed by atoms with Crippen molar-refractivity contribution in [3.05, 3.63) is 24.3 Å². The van der Waals surface area contributed by atoms with Gasteiger partial charge in [-0.3, -0.25) is 4.21 Å². The molecule has 0 heterocycles. The number of rotatable bonds is 7. The van der Waals surface area contributed by atoms with Crippen LogP contribution in [0.5, 0.6) is 0 Å². The SMILES string of the molecule is CCCS(=O)(=O)c1ccc(NCC(C)S(C)=O)cc1. The first kappa shape index (κ1) is 16.2. The number of nitrogens with one attached hydrogen (secondary N) is 1. The number of hydrogen-bond acceptors (Lipinski definition) is 4. The quantitative estimate of drug-likeness (QED) is 0.837. The van der Waals surface area contributed by atoms with Gasteiger partial charge in [-0.05, 0) is 37.6 Å². The third-order valence-corrected chi connectivity index (χ3v) is 6.08. The largest absolute Gasteiger partial charge is 0.384 e. The van der Waals surface area contributed by atoms with E-state index in [4.69, 9.17) is 0 Å². The van der Waals surface area contributed by atoms with Gasteiger partial charge in [-0.2, -0.15) is 0 Å². The van der Waals surface area contributed by atoms with Crippen LogP contribution >= 0.6 is 0 Å². The maximum atomic E-state index is 11.8. The first-order valence-corrected chi connectivity index (χ1v) is 9.53. The van der Waals surface area contributed by atoms with E-state index in [-0.39, 0.29) is 11.0 Å². The fourth-order valence-electron chi connectivity index (χ4n) is 1.55. The van der Waals surface area contributed by atoms with Crippen molar-refractivity contribution < 1.29 is 12.6 Å². The smallest absolute Gasteiger partial charge is 0.178 e. The van der Waals surface area contributed by atoms with Gasteiger partial charge in [0.2, 0.25) is 0 Å². The Morgan fingerprint density at radius 2 is 1.84 bits per heavy atom. The first-order valence-electron chi connectivity index (χ1n) is 6.25. The highest BCUT2D eigenvalue weighted by Crippen LogP contribution is 2.16. The molecule has 0 fully saturated rings. The Kier molecular flexibility index (Phi) is 6.00. The van der Waals surface area contributed by atoms with Gasteiger partial charge >= 0.3 is 0 Å². The summed E-state index contributed by atoms with van der Waals surface area (Å²) >= 11 is 0. The number of hydrogen-bond donors (Lipinski definition) is 1. The monoisotopic (exact) mass is 303 g/mol. The Bertz CT molecular complexity index is 523. The predicted molar refractivity (Wildman–Crippen MR) is 80.8 cm³/mol. The molecule has 19 heavy (non-hydrogen) atoms. The summed E-state index contributed by atoms with van der Waals surface area (Å²) in [6.45, 7) is 4.35. The lowest BCUT2D eigenvalue weighted by Crippen LogP contribution is -2.20. The summed E-state index contributed by atoms with van der Waals surface area (Å²) in [6.07, 6.45) is 2.29. The zero-order valence-corrected chi connectivity index (χ0v) is 13.2. The van der Waals surface area contributed by atoms with Crippen molar-refractivity contribution in [3.63, 3.8) is 0 Å². The minimum absolute atomic E-state index is 0.0588. The third kappa shape index (κ3) is 4.95. The minimum Gasteiger partial charge on any atom is -0.384 e. The van der Waals surface area contributed by atoms with E-state index in [9.17, 15) is 12.6 Å². The predicted octanol–water partition coefficient (Wildman–Crippen LogP) is 2.05. The minimum atomic E-state index is -3.15. The van der Waals surface area contributed by atoms with E-state index >= 15 is 0 Å². The maximum Gasteiger partial charge on any atom is 0.178 e. The topological polar surface area (TPSA) is 63.2 Å². The van der Waals surface area contributed by atoms with Crippen molar-refractivity contribution in [2.24, 2.45) is 0 Å². The van der Waals surface area contributed by atoms with Crippen LogP contribution in [0.2, 0.25) is 0 Å². The van der Waals surface area contributed by atoms with Crippen molar-refractivity contribution in [1.29, 1.82) is 0 Å². The van der Waals surface area contributed by atoms with Crippen LogP contribution in [0.1, 0.15) is 20.3 Å². The third-order valence-electron chi connectivity index (χ3n) is 2.85. The Morgan fingerprint density at radius 1 is 1.26 bits per heavy atom. The van der Waals surface area contributed by atoms with E-state index in [1.807, 2.05) is 13.8 Å². The highest BCUT2D eigenvalue weighted by Gasteiger charge is 2.12. The van der Waals surface area contributed by atoms with E-state index in [0.717, 1.165) is 5.69 Å². The standard InChI is InChI=1S/C13H21NO3S2/c1-4-9-19(16,17)13-7-5-12(6-8-13)14-10-11(2)18(3)15/h5-8,11,14H,4,9-10H2,1-3H3. The van der Waals surface area contributed by atoms with E-state index in [2.05, 4.69) is 5.32 Å². The summed E-state index contributed by atoms with van der Waals surface area (Å²) in [6, 6.07) is 6.71. The molecule has 0 aliphatic carbocycles. The second-order valence-corrected chi connectivity index (χ2v) is 8.44. The molecule has 6 heteroatoms. The lowest BCUT2D eigenvalue weighted by molar-refractivity contribution is 0.594. The second kappa shape index (κ2) is 7.05. The Hall–Kier alpha value is -0.880. The van der Waals surface area contributed by atoms with Crippen LogP contribution in [0, 0.1) is 0 Å². The van der Waals surface area contributed by atoms with Crippen LogP contribution in [-0.2, 0) is 20.6 Å². The fourth-order valence-corrected chi connectivity index (χ4v) is 3.19. The molecule has 0 aliphatic rings. The van der Waals surface area contributed by atoms with Crippen molar-refractivity contribution in [2.75, 3.05) is 23.9 Å². The van der Waals surface area contributed by atoms with Gasteiger partial charge in [0.25, 0.3) is 0 Å². The summed E-state index contributed by atoms with van der Waals surface area (Å²) in [5, 5.41) is 3.21. The van der Waals surface area contributed by atoms with Crippen molar-refractivity contribution >= 4 is 26.3 Å². The molecule has 0 radical (unpaired) electrons. The first-order chi connectivity index (χ1) is 8.86. The maximum absolute atomic E-state index is 11.8. The number of anilines is 1. The molecule has 4 nitrogen and oxygen atoms in total. The fraction of sp³-hybridized carbons (Fsp3) is 0.538. The lowest BCUT2D eigenvalue weighted by atomic mass is 10.3. The van der Waals surface area contributed by atoms with Crippen LogP contribution in [0.15, 0.2) is 29.2 Å². The Morgan fingerprint density at radius 3 is 2.32 bits per heavy atom. The van der Waals surface area contributed by atoms with Crippen LogP contribution in [0.25, 0.3) is 0 Å². The molecule has 2 unspecified atom stereocenters. The zero-order chi connectivity index (χ0) is 14.5. The molecule has 0 spiro atoms. The van der Waals surface area contributed by atoms with Gasteiger partial charge in [-0.1, -0.05) is 6.92 Å². The van der Waals surface area contributed by atoms with E-state index < -0.39 is 20.6 Å². The van der Waals surface area contributed by atoms with Gasteiger partial charge in [0.05, 0.1) is 10.6 Å². The van der Waals surface area contributed by atoms with E-state index in [0.29, 0.717) is 17.9 Å². The Labute approximate surface area is 118 Å². The Balaban J connectivity index is 2.69. The average Bonchev–Trinajstić information content (AvgIpc) is 2.36. The zero-order valence-electron chi connectivity index (χ0n) is 11.5. The normalized spacial score (nSPS) is 14.9. The molecule has 0 aliphatic heterocycles. The van der Waals surface area contributed by atoms with E-state index in [1.165, 1.54) is 0 Å². The summed E-state index contributed by atoms with van der Waals surface area (Å²) in [5.41, 5.74) is 0.841. The highest BCUT2D eigenvalue weighted by atomic mass is 32.2.